The number of hydrogen-bond donors (Lipinski definition) is 2. The number of carbonyl (C=O) groups excluding carboxylic acids is 1. The maximum absolute atomic E-state index is 12.1. The van der Waals surface area contributed by atoms with Gasteiger partial charge in [-0.25, -0.2) is 5.43 Å². The Hall–Kier alpha value is -2.60. The molecule has 22 heavy (non-hydrogen) atoms. The summed E-state index contributed by atoms with van der Waals surface area (Å²) in [4.78, 5) is 12.1. The Balaban J connectivity index is 1.80. The van der Waals surface area contributed by atoms with Crippen molar-refractivity contribution >= 4 is 38.8 Å². The van der Waals surface area contributed by atoms with Gasteiger partial charge in [-0.05, 0) is 51.0 Å². The van der Waals surface area contributed by atoms with Crippen LogP contribution in [0.15, 0.2) is 62.7 Å². The van der Waals surface area contributed by atoms with Crippen LogP contribution in [0, 0.1) is 0 Å². The second-order valence-corrected chi connectivity index (χ2v) is 5.34. The third-order valence-corrected chi connectivity index (χ3v) is 3.49. The standard InChI is InChI=1S/C16H11BrN2O3/c17-15-6-5-12(22-15)9-18-19-16(21)13-7-10-3-1-2-4-11(10)8-14(13)20/h1-9,20H,(H,19,21)/b18-9-. The number of hydrogen-bond acceptors (Lipinski definition) is 4. The summed E-state index contributed by atoms with van der Waals surface area (Å²) in [5, 5.41) is 15.5. The van der Waals surface area contributed by atoms with Crippen molar-refractivity contribution in [2.45, 2.75) is 0 Å². The van der Waals surface area contributed by atoms with Gasteiger partial charge in [-0.2, -0.15) is 5.10 Å². The summed E-state index contributed by atoms with van der Waals surface area (Å²) in [6.45, 7) is 0. The topological polar surface area (TPSA) is 74.8 Å². The van der Waals surface area contributed by atoms with Crippen molar-refractivity contribution in [2.75, 3.05) is 0 Å². The molecule has 0 aliphatic rings. The highest BCUT2D eigenvalue weighted by atomic mass is 79.9. The van der Waals surface area contributed by atoms with E-state index in [1.807, 2.05) is 24.3 Å². The van der Waals surface area contributed by atoms with Gasteiger partial charge in [0.1, 0.15) is 11.5 Å². The Morgan fingerprint density at radius 3 is 2.59 bits per heavy atom. The van der Waals surface area contributed by atoms with Gasteiger partial charge in [-0.1, -0.05) is 24.3 Å². The molecule has 0 radical (unpaired) electrons. The van der Waals surface area contributed by atoms with Crippen LogP contribution in [0.4, 0.5) is 0 Å². The number of phenolic OH excluding ortho intramolecular Hbond substituents is 1. The molecule has 3 aromatic rings. The second-order valence-electron chi connectivity index (χ2n) is 4.56. The second kappa shape index (κ2) is 6.03. The third kappa shape index (κ3) is 3.01. The van der Waals surface area contributed by atoms with E-state index in [1.54, 1.807) is 24.3 Å². The monoisotopic (exact) mass is 358 g/mol. The smallest absolute Gasteiger partial charge is 0.275 e. The maximum atomic E-state index is 12.1. The van der Waals surface area contributed by atoms with E-state index in [1.165, 1.54) is 6.21 Å². The van der Waals surface area contributed by atoms with E-state index in [4.69, 9.17) is 4.42 Å². The number of rotatable bonds is 3. The summed E-state index contributed by atoms with van der Waals surface area (Å²) < 4.78 is 5.80. The molecular weight excluding hydrogens is 348 g/mol. The summed E-state index contributed by atoms with van der Waals surface area (Å²) >= 11 is 3.17. The first-order chi connectivity index (χ1) is 10.6. The maximum Gasteiger partial charge on any atom is 0.275 e. The largest absolute Gasteiger partial charge is 0.507 e. The number of nitrogens with one attached hydrogen (secondary N) is 1. The summed E-state index contributed by atoms with van der Waals surface area (Å²) in [6, 6.07) is 14.1. The van der Waals surface area contributed by atoms with Crippen LogP contribution < -0.4 is 5.43 Å². The third-order valence-electron chi connectivity index (χ3n) is 3.06. The fourth-order valence-electron chi connectivity index (χ4n) is 2.02. The van der Waals surface area contributed by atoms with Gasteiger partial charge in [-0.3, -0.25) is 4.79 Å². The van der Waals surface area contributed by atoms with E-state index in [9.17, 15) is 9.90 Å². The lowest BCUT2D eigenvalue weighted by atomic mass is 10.1. The molecule has 0 fully saturated rings. The zero-order chi connectivity index (χ0) is 15.5. The Kier molecular flexibility index (Phi) is 3.93. The number of hydrazone groups is 1. The van der Waals surface area contributed by atoms with E-state index >= 15 is 0 Å². The van der Waals surface area contributed by atoms with E-state index in [0.29, 0.717) is 10.4 Å². The molecule has 0 aliphatic heterocycles. The number of benzene rings is 2. The molecule has 0 bridgehead atoms. The molecule has 0 atom stereocenters. The molecule has 0 aliphatic carbocycles. The lowest BCUT2D eigenvalue weighted by Gasteiger charge is -2.05. The SMILES string of the molecule is O=C(N/N=C\c1ccc(Br)o1)c1cc2ccccc2cc1O. The molecule has 110 valence electrons. The Bertz CT molecular complexity index is 871. The van der Waals surface area contributed by atoms with Gasteiger partial charge in [0.15, 0.2) is 4.67 Å². The van der Waals surface area contributed by atoms with E-state index in [0.717, 1.165) is 10.8 Å². The van der Waals surface area contributed by atoms with Crippen molar-refractivity contribution in [2.24, 2.45) is 5.10 Å². The molecule has 5 nitrogen and oxygen atoms in total. The first-order valence-electron chi connectivity index (χ1n) is 6.44. The predicted octanol–water partition coefficient (Wildman–Crippen LogP) is 3.66. The molecule has 1 amide bonds. The normalized spacial score (nSPS) is 11.1. The van der Waals surface area contributed by atoms with Gasteiger partial charge in [0.2, 0.25) is 0 Å². The molecule has 0 saturated heterocycles. The van der Waals surface area contributed by atoms with Crippen molar-refractivity contribution < 1.29 is 14.3 Å². The number of aromatic hydroxyl groups is 1. The minimum atomic E-state index is -0.495. The van der Waals surface area contributed by atoms with Gasteiger partial charge in [-0.15, -0.1) is 0 Å². The Morgan fingerprint density at radius 2 is 1.91 bits per heavy atom. The minimum absolute atomic E-state index is 0.0906. The van der Waals surface area contributed by atoms with Gasteiger partial charge in [0.05, 0.1) is 11.8 Å². The first-order valence-corrected chi connectivity index (χ1v) is 7.23. The molecule has 1 heterocycles. The number of nitrogens with zero attached hydrogens (tertiary/aromatic N) is 1. The van der Waals surface area contributed by atoms with Gasteiger partial charge in [0, 0.05) is 0 Å². The fraction of sp³-hybridized carbons (Fsp3) is 0. The quantitative estimate of drug-likeness (QED) is 0.554. The molecule has 6 heteroatoms. The highest BCUT2D eigenvalue weighted by molar-refractivity contribution is 9.10. The fourth-order valence-corrected chi connectivity index (χ4v) is 2.34. The van der Waals surface area contributed by atoms with Crippen LogP contribution in [-0.2, 0) is 0 Å². The van der Waals surface area contributed by atoms with Gasteiger partial charge < -0.3 is 9.52 Å². The van der Waals surface area contributed by atoms with Crippen LogP contribution in [0.2, 0.25) is 0 Å². The van der Waals surface area contributed by atoms with Crippen LogP contribution in [0.3, 0.4) is 0 Å². The molecular formula is C16H11BrN2O3. The number of fused-ring (bicyclic) bond motifs is 1. The number of halogens is 1. The zero-order valence-electron chi connectivity index (χ0n) is 11.3. The number of carbonyl (C=O) groups is 1. The number of furan rings is 1. The van der Waals surface area contributed by atoms with Crippen molar-refractivity contribution in [1.29, 1.82) is 0 Å². The van der Waals surface area contributed by atoms with Crippen molar-refractivity contribution in [3.8, 4) is 5.75 Å². The van der Waals surface area contributed by atoms with Crippen LogP contribution >= 0.6 is 15.9 Å². The molecule has 2 N–H and O–H groups in total. The van der Waals surface area contributed by atoms with E-state index in [-0.39, 0.29) is 11.3 Å². The lowest BCUT2D eigenvalue weighted by molar-refractivity contribution is 0.0952. The van der Waals surface area contributed by atoms with Gasteiger partial charge in [0.25, 0.3) is 5.91 Å². The van der Waals surface area contributed by atoms with Crippen molar-refractivity contribution in [3.63, 3.8) is 0 Å². The molecule has 0 spiro atoms. The van der Waals surface area contributed by atoms with Crippen LogP contribution in [0.5, 0.6) is 5.75 Å². The van der Waals surface area contributed by atoms with E-state index in [2.05, 4.69) is 26.5 Å². The summed E-state index contributed by atoms with van der Waals surface area (Å²) in [6.07, 6.45) is 1.38. The van der Waals surface area contributed by atoms with Crippen LogP contribution in [-0.4, -0.2) is 17.2 Å². The summed E-state index contributed by atoms with van der Waals surface area (Å²) in [5.74, 6) is -0.0906. The summed E-state index contributed by atoms with van der Waals surface area (Å²) in [5.41, 5.74) is 2.52. The van der Waals surface area contributed by atoms with E-state index < -0.39 is 5.91 Å². The molecule has 1 aromatic heterocycles. The Morgan fingerprint density at radius 1 is 1.18 bits per heavy atom. The zero-order valence-corrected chi connectivity index (χ0v) is 12.9. The molecule has 0 unspecified atom stereocenters. The minimum Gasteiger partial charge on any atom is -0.507 e. The van der Waals surface area contributed by atoms with Crippen molar-refractivity contribution in [3.05, 3.63) is 64.5 Å². The molecule has 3 rings (SSSR count). The number of amides is 1. The summed E-state index contributed by atoms with van der Waals surface area (Å²) in [7, 11) is 0. The number of phenols is 1. The van der Waals surface area contributed by atoms with Gasteiger partial charge >= 0.3 is 0 Å². The highest BCUT2D eigenvalue weighted by Gasteiger charge is 2.11. The predicted molar refractivity (Wildman–Crippen MR) is 87.1 cm³/mol. The molecule has 2 aromatic carbocycles. The lowest BCUT2D eigenvalue weighted by Crippen LogP contribution is -2.17. The highest BCUT2D eigenvalue weighted by Crippen LogP contribution is 2.24. The van der Waals surface area contributed by atoms with Crippen LogP contribution in [0.1, 0.15) is 16.1 Å². The van der Waals surface area contributed by atoms with Crippen LogP contribution in [0.25, 0.3) is 10.8 Å². The average Bonchev–Trinajstić information content (AvgIpc) is 2.92. The Labute approximate surface area is 134 Å². The average molecular weight is 359 g/mol. The first kappa shape index (κ1) is 14.3. The van der Waals surface area contributed by atoms with Crippen molar-refractivity contribution in [1.82, 2.24) is 5.43 Å². The molecule has 0 saturated carbocycles.